The highest BCUT2D eigenvalue weighted by Crippen LogP contribution is 2.26. The van der Waals surface area contributed by atoms with Crippen molar-refractivity contribution in [2.45, 2.75) is 13.5 Å². The Morgan fingerprint density at radius 3 is 2.80 bits per heavy atom. The Hall–Kier alpha value is -3.00. The van der Waals surface area contributed by atoms with Gasteiger partial charge in [0.25, 0.3) is 11.5 Å². The highest BCUT2D eigenvalue weighted by molar-refractivity contribution is 7.20. The van der Waals surface area contributed by atoms with Crippen LogP contribution in [0.4, 0.5) is 0 Å². The maximum Gasteiger partial charge on any atom is 0.337 e. The van der Waals surface area contributed by atoms with Crippen molar-refractivity contribution < 1.29 is 14.3 Å². The number of hydrogen-bond acceptors (Lipinski definition) is 6. The smallest absolute Gasteiger partial charge is 0.337 e. The predicted octanol–water partition coefficient (Wildman–Crippen LogP) is 1.70. The van der Waals surface area contributed by atoms with Gasteiger partial charge in [-0.25, -0.2) is 9.78 Å². The molecular formula is C17H15N3O4S. The minimum absolute atomic E-state index is 0.244. The predicted molar refractivity (Wildman–Crippen MR) is 94.0 cm³/mol. The van der Waals surface area contributed by atoms with E-state index in [1.165, 1.54) is 18.0 Å². The molecule has 2 N–H and O–H groups in total. The van der Waals surface area contributed by atoms with Gasteiger partial charge in [0.15, 0.2) is 0 Å². The van der Waals surface area contributed by atoms with Gasteiger partial charge in [0.05, 0.1) is 35.8 Å². The lowest BCUT2D eigenvalue weighted by Crippen LogP contribution is -2.21. The number of fused-ring (bicyclic) bond motifs is 1. The molecule has 3 rings (SSSR count). The third-order valence-corrected chi connectivity index (χ3v) is 5.06. The van der Waals surface area contributed by atoms with E-state index in [-0.39, 0.29) is 12.1 Å². The van der Waals surface area contributed by atoms with Crippen LogP contribution in [0, 0.1) is 6.92 Å². The molecule has 0 aliphatic rings. The summed E-state index contributed by atoms with van der Waals surface area (Å²) in [6.45, 7) is 1.93. The van der Waals surface area contributed by atoms with Gasteiger partial charge in [-0.1, -0.05) is 12.1 Å². The number of primary amides is 1. The number of carbonyl (C=O) groups is 2. The van der Waals surface area contributed by atoms with E-state index in [2.05, 4.69) is 4.98 Å². The monoisotopic (exact) mass is 357 g/mol. The van der Waals surface area contributed by atoms with Crippen molar-refractivity contribution in [2.75, 3.05) is 7.11 Å². The Balaban J connectivity index is 2.04. The van der Waals surface area contributed by atoms with Crippen molar-refractivity contribution in [3.8, 4) is 0 Å². The molecule has 0 saturated carbocycles. The number of hydrogen-bond donors (Lipinski definition) is 1. The lowest BCUT2D eigenvalue weighted by Gasteiger charge is -2.07. The number of thiophene rings is 1. The maximum absolute atomic E-state index is 12.8. The molecular weight excluding hydrogens is 342 g/mol. The van der Waals surface area contributed by atoms with Crippen molar-refractivity contribution >= 4 is 33.4 Å². The maximum atomic E-state index is 12.8. The standard InChI is InChI=1S/C17H15N3O4S/c1-9-12-15(25-13(9)14(18)21)19-8-20(16(12)22)7-10-4-3-5-11(6-10)17(23)24-2/h3-6,8H,7H2,1-2H3,(H2,18,21). The Labute approximate surface area is 146 Å². The summed E-state index contributed by atoms with van der Waals surface area (Å²) < 4.78 is 6.14. The van der Waals surface area contributed by atoms with Gasteiger partial charge in [0, 0.05) is 0 Å². The summed E-state index contributed by atoms with van der Waals surface area (Å²) in [4.78, 5) is 40.9. The van der Waals surface area contributed by atoms with Crippen LogP contribution in [-0.2, 0) is 11.3 Å². The topological polar surface area (TPSA) is 104 Å². The average Bonchev–Trinajstić information content (AvgIpc) is 2.94. The summed E-state index contributed by atoms with van der Waals surface area (Å²) in [5, 5.41) is 0.394. The first-order chi connectivity index (χ1) is 11.9. The van der Waals surface area contributed by atoms with E-state index in [9.17, 15) is 14.4 Å². The van der Waals surface area contributed by atoms with Gasteiger partial charge in [-0.2, -0.15) is 0 Å². The third-order valence-electron chi connectivity index (χ3n) is 3.84. The third kappa shape index (κ3) is 3.03. The SMILES string of the molecule is COC(=O)c1cccc(Cn2cnc3sc(C(N)=O)c(C)c3c2=O)c1. The molecule has 0 aliphatic carbocycles. The average molecular weight is 357 g/mol. The zero-order valence-corrected chi connectivity index (χ0v) is 14.4. The molecule has 2 aromatic heterocycles. The quantitative estimate of drug-likeness (QED) is 0.716. The van der Waals surface area contributed by atoms with Gasteiger partial charge in [-0.15, -0.1) is 11.3 Å². The van der Waals surface area contributed by atoms with Crippen LogP contribution in [-0.4, -0.2) is 28.5 Å². The summed E-state index contributed by atoms with van der Waals surface area (Å²) >= 11 is 1.11. The van der Waals surface area contributed by atoms with Crippen LogP contribution < -0.4 is 11.3 Å². The second-order valence-electron chi connectivity index (χ2n) is 5.47. The Morgan fingerprint density at radius 1 is 1.36 bits per heavy atom. The molecule has 0 aliphatic heterocycles. The van der Waals surface area contributed by atoms with Gasteiger partial charge in [-0.3, -0.25) is 14.2 Å². The Kier molecular flexibility index (Phi) is 4.37. The number of ether oxygens (including phenoxy) is 1. The van der Waals surface area contributed by atoms with Crippen LogP contribution in [0.25, 0.3) is 10.2 Å². The minimum Gasteiger partial charge on any atom is -0.465 e. The number of benzene rings is 1. The van der Waals surface area contributed by atoms with Crippen LogP contribution in [0.1, 0.15) is 31.2 Å². The van der Waals surface area contributed by atoms with E-state index < -0.39 is 11.9 Å². The second kappa shape index (κ2) is 6.48. The van der Waals surface area contributed by atoms with Gasteiger partial charge >= 0.3 is 5.97 Å². The van der Waals surface area contributed by atoms with Gasteiger partial charge < -0.3 is 10.5 Å². The van der Waals surface area contributed by atoms with Crippen molar-refractivity contribution in [1.82, 2.24) is 9.55 Å². The molecule has 1 amide bonds. The molecule has 0 fully saturated rings. The first kappa shape index (κ1) is 16.8. The van der Waals surface area contributed by atoms with E-state index >= 15 is 0 Å². The van der Waals surface area contributed by atoms with Crippen LogP contribution in [0.3, 0.4) is 0 Å². The lowest BCUT2D eigenvalue weighted by atomic mass is 10.1. The van der Waals surface area contributed by atoms with Gasteiger partial charge in [0.2, 0.25) is 0 Å². The molecule has 128 valence electrons. The number of nitrogens with two attached hydrogens (primary N) is 1. The van der Waals surface area contributed by atoms with E-state index in [1.54, 1.807) is 31.2 Å². The van der Waals surface area contributed by atoms with E-state index in [1.807, 2.05) is 0 Å². The van der Waals surface area contributed by atoms with E-state index in [0.717, 1.165) is 16.9 Å². The van der Waals surface area contributed by atoms with E-state index in [4.69, 9.17) is 10.5 Å². The molecule has 0 spiro atoms. The van der Waals surface area contributed by atoms with Crippen molar-refractivity contribution in [3.63, 3.8) is 0 Å². The fourth-order valence-electron chi connectivity index (χ4n) is 2.62. The summed E-state index contributed by atoms with van der Waals surface area (Å²) in [5.41, 5.74) is 6.79. The number of amides is 1. The lowest BCUT2D eigenvalue weighted by molar-refractivity contribution is 0.0600. The molecule has 0 bridgehead atoms. The fraction of sp³-hybridized carbons (Fsp3) is 0.176. The highest BCUT2D eigenvalue weighted by atomic mass is 32.1. The van der Waals surface area contributed by atoms with Crippen molar-refractivity contribution in [3.05, 3.63) is 62.5 Å². The highest BCUT2D eigenvalue weighted by Gasteiger charge is 2.17. The number of methoxy groups -OCH3 is 1. The molecule has 1 aromatic carbocycles. The molecule has 0 atom stereocenters. The van der Waals surface area contributed by atoms with Crippen LogP contribution >= 0.6 is 11.3 Å². The molecule has 2 heterocycles. The van der Waals surface area contributed by atoms with Gasteiger partial charge in [-0.05, 0) is 30.2 Å². The molecule has 0 saturated heterocycles. The first-order valence-corrected chi connectivity index (χ1v) is 8.19. The number of nitrogens with zero attached hydrogens (tertiary/aromatic N) is 2. The number of aromatic nitrogens is 2. The summed E-state index contributed by atoms with van der Waals surface area (Å²) in [5.74, 6) is -1.01. The summed E-state index contributed by atoms with van der Waals surface area (Å²) in [7, 11) is 1.31. The second-order valence-corrected chi connectivity index (χ2v) is 6.47. The van der Waals surface area contributed by atoms with Crippen LogP contribution in [0.2, 0.25) is 0 Å². The molecule has 25 heavy (non-hydrogen) atoms. The van der Waals surface area contributed by atoms with Gasteiger partial charge in [0.1, 0.15) is 4.83 Å². The van der Waals surface area contributed by atoms with E-state index in [0.29, 0.717) is 26.2 Å². The van der Waals surface area contributed by atoms with Crippen molar-refractivity contribution in [1.29, 1.82) is 0 Å². The van der Waals surface area contributed by atoms with Crippen LogP contribution in [0.5, 0.6) is 0 Å². The molecule has 0 unspecified atom stereocenters. The van der Waals surface area contributed by atoms with Crippen molar-refractivity contribution in [2.24, 2.45) is 5.73 Å². The Bertz CT molecular complexity index is 1050. The Morgan fingerprint density at radius 2 is 2.12 bits per heavy atom. The normalized spacial score (nSPS) is 10.8. The number of aryl methyl sites for hydroxylation is 1. The largest absolute Gasteiger partial charge is 0.465 e. The zero-order chi connectivity index (χ0) is 18.1. The number of carbonyl (C=O) groups excluding carboxylic acids is 2. The fourth-order valence-corrected chi connectivity index (χ4v) is 3.61. The zero-order valence-electron chi connectivity index (χ0n) is 13.6. The molecule has 7 nitrogen and oxygen atoms in total. The minimum atomic E-state index is -0.572. The molecule has 8 heteroatoms. The summed E-state index contributed by atoms with van der Waals surface area (Å²) in [6, 6.07) is 6.83. The molecule has 3 aromatic rings. The summed E-state index contributed by atoms with van der Waals surface area (Å²) in [6.07, 6.45) is 1.43. The first-order valence-electron chi connectivity index (χ1n) is 7.38. The van der Waals surface area contributed by atoms with Crippen LogP contribution in [0.15, 0.2) is 35.4 Å². The molecule has 0 radical (unpaired) electrons. The number of esters is 1. The number of rotatable bonds is 4.